The van der Waals surface area contributed by atoms with Crippen molar-refractivity contribution in [1.82, 2.24) is 5.32 Å². The van der Waals surface area contributed by atoms with Crippen LogP contribution in [0.1, 0.15) is 18.5 Å². The lowest BCUT2D eigenvalue weighted by atomic mass is 10.0. The Morgan fingerprint density at radius 3 is 2.94 bits per heavy atom. The summed E-state index contributed by atoms with van der Waals surface area (Å²) in [6.45, 7) is 1.56. The number of benzene rings is 1. The van der Waals surface area contributed by atoms with E-state index in [9.17, 15) is 9.59 Å². The van der Waals surface area contributed by atoms with Gasteiger partial charge in [0.05, 0.1) is 11.7 Å². The third-order valence-electron chi connectivity index (χ3n) is 2.67. The lowest BCUT2D eigenvalue weighted by Crippen LogP contribution is -2.27. The molecule has 1 atom stereocenters. The van der Waals surface area contributed by atoms with E-state index in [1.54, 1.807) is 19.2 Å². The molecule has 0 radical (unpaired) electrons. The number of ketones is 1. The van der Waals surface area contributed by atoms with Crippen molar-refractivity contribution in [2.75, 3.05) is 19.0 Å². The average Bonchev–Trinajstić information content (AvgIpc) is 2.29. The quantitative estimate of drug-likeness (QED) is 0.814. The summed E-state index contributed by atoms with van der Waals surface area (Å²) in [5.41, 5.74) is 1.42. The molecule has 1 unspecified atom stereocenters. The standard InChI is InChI=1S/C12H14N2O3/c1-7(15)12(13-2)8-3-4-10-9(5-8)14-11(16)6-17-10/h3-5,12-13H,6H2,1-2H3,(H,14,16). The fourth-order valence-corrected chi connectivity index (χ4v) is 1.88. The summed E-state index contributed by atoms with van der Waals surface area (Å²) in [7, 11) is 1.72. The van der Waals surface area contributed by atoms with Gasteiger partial charge < -0.3 is 15.4 Å². The Morgan fingerprint density at radius 2 is 2.29 bits per heavy atom. The summed E-state index contributed by atoms with van der Waals surface area (Å²) >= 11 is 0. The maximum absolute atomic E-state index is 11.4. The van der Waals surface area contributed by atoms with Crippen LogP contribution in [0.3, 0.4) is 0 Å². The number of nitrogens with one attached hydrogen (secondary N) is 2. The normalized spacial score (nSPS) is 15.5. The second-order valence-corrected chi connectivity index (χ2v) is 3.92. The van der Waals surface area contributed by atoms with E-state index in [1.165, 1.54) is 6.92 Å². The molecule has 1 aliphatic rings. The number of carbonyl (C=O) groups excluding carboxylic acids is 2. The first kappa shape index (κ1) is 11.6. The minimum Gasteiger partial charge on any atom is -0.482 e. The van der Waals surface area contributed by atoms with Crippen LogP contribution in [0.15, 0.2) is 18.2 Å². The van der Waals surface area contributed by atoms with Gasteiger partial charge in [0.1, 0.15) is 5.75 Å². The number of rotatable bonds is 3. The molecular weight excluding hydrogens is 220 g/mol. The number of anilines is 1. The van der Waals surface area contributed by atoms with Crippen molar-refractivity contribution in [3.63, 3.8) is 0 Å². The van der Waals surface area contributed by atoms with Gasteiger partial charge in [0, 0.05) is 0 Å². The first-order valence-corrected chi connectivity index (χ1v) is 5.36. The maximum atomic E-state index is 11.4. The van der Waals surface area contributed by atoms with Crippen LogP contribution in [0.25, 0.3) is 0 Å². The van der Waals surface area contributed by atoms with Crippen LogP contribution in [0.2, 0.25) is 0 Å². The molecule has 17 heavy (non-hydrogen) atoms. The molecule has 0 fully saturated rings. The van der Waals surface area contributed by atoms with Crippen LogP contribution in [0, 0.1) is 0 Å². The predicted octanol–water partition coefficient (Wildman–Crippen LogP) is 0.867. The SMILES string of the molecule is CNC(C(C)=O)c1ccc2c(c1)NC(=O)CO2. The van der Waals surface area contributed by atoms with E-state index in [2.05, 4.69) is 10.6 Å². The molecule has 2 N–H and O–H groups in total. The van der Waals surface area contributed by atoms with Crippen LogP contribution < -0.4 is 15.4 Å². The lowest BCUT2D eigenvalue weighted by molar-refractivity contribution is -0.119. The number of amides is 1. The number of Topliss-reactive ketones (excluding diaryl/α,β-unsaturated/α-hetero) is 1. The van der Waals surface area contributed by atoms with Gasteiger partial charge in [-0.3, -0.25) is 9.59 Å². The molecule has 0 bridgehead atoms. The summed E-state index contributed by atoms with van der Waals surface area (Å²) in [5, 5.41) is 5.65. The Kier molecular flexibility index (Phi) is 3.10. The van der Waals surface area contributed by atoms with Gasteiger partial charge in [-0.1, -0.05) is 6.07 Å². The number of likely N-dealkylation sites (N-methyl/N-ethyl adjacent to an activating group) is 1. The van der Waals surface area contributed by atoms with Gasteiger partial charge in [0.2, 0.25) is 0 Å². The predicted molar refractivity (Wildman–Crippen MR) is 63.0 cm³/mol. The van der Waals surface area contributed by atoms with E-state index in [0.29, 0.717) is 11.4 Å². The molecule has 0 aliphatic carbocycles. The van der Waals surface area contributed by atoms with Gasteiger partial charge in [-0.2, -0.15) is 0 Å². The molecular formula is C12H14N2O3. The summed E-state index contributed by atoms with van der Waals surface area (Å²) in [5.74, 6) is 0.473. The highest BCUT2D eigenvalue weighted by atomic mass is 16.5. The molecule has 90 valence electrons. The summed E-state index contributed by atoms with van der Waals surface area (Å²) < 4.78 is 5.25. The average molecular weight is 234 g/mol. The fraction of sp³-hybridized carbons (Fsp3) is 0.333. The summed E-state index contributed by atoms with van der Waals surface area (Å²) in [4.78, 5) is 22.6. The van der Waals surface area contributed by atoms with Crippen molar-refractivity contribution in [2.45, 2.75) is 13.0 Å². The summed E-state index contributed by atoms with van der Waals surface area (Å²) in [6.07, 6.45) is 0. The van der Waals surface area contributed by atoms with Crippen molar-refractivity contribution in [3.8, 4) is 5.75 Å². The Bertz CT molecular complexity index is 471. The largest absolute Gasteiger partial charge is 0.482 e. The number of hydrogen-bond donors (Lipinski definition) is 2. The van der Waals surface area contributed by atoms with Crippen LogP contribution in [0.4, 0.5) is 5.69 Å². The van der Waals surface area contributed by atoms with E-state index in [1.807, 2.05) is 6.07 Å². The molecule has 5 heteroatoms. The zero-order valence-electron chi connectivity index (χ0n) is 9.74. The van der Waals surface area contributed by atoms with Gasteiger partial charge in [-0.05, 0) is 31.7 Å². The van der Waals surface area contributed by atoms with E-state index >= 15 is 0 Å². The molecule has 2 rings (SSSR count). The number of hydrogen-bond acceptors (Lipinski definition) is 4. The minimum atomic E-state index is -0.362. The number of ether oxygens (including phenoxy) is 1. The summed E-state index contributed by atoms with van der Waals surface area (Å²) in [6, 6.07) is 4.98. The van der Waals surface area contributed by atoms with Crippen molar-refractivity contribution in [2.24, 2.45) is 0 Å². The highest BCUT2D eigenvalue weighted by Gasteiger charge is 2.20. The monoisotopic (exact) mass is 234 g/mol. The third kappa shape index (κ3) is 2.29. The van der Waals surface area contributed by atoms with Gasteiger partial charge in [0.25, 0.3) is 5.91 Å². The third-order valence-corrected chi connectivity index (χ3v) is 2.67. The van der Waals surface area contributed by atoms with E-state index in [4.69, 9.17) is 4.74 Å². The number of carbonyl (C=O) groups is 2. The van der Waals surface area contributed by atoms with Gasteiger partial charge >= 0.3 is 0 Å². The highest BCUT2D eigenvalue weighted by molar-refractivity contribution is 5.95. The Labute approximate surface area is 99.2 Å². The van der Waals surface area contributed by atoms with E-state index < -0.39 is 0 Å². The second-order valence-electron chi connectivity index (χ2n) is 3.92. The lowest BCUT2D eigenvalue weighted by Gasteiger charge is -2.20. The second kappa shape index (κ2) is 4.55. The van der Waals surface area contributed by atoms with Crippen LogP contribution in [-0.4, -0.2) is 25.3 Å². The molecule has 1 heterocycles. The first-order chi connectivity index (χ1) is 8.11. The Balaban J connectivity index is 2.35. The van der Waals surface area contributed by atoms with E-state index in [0.717, 1.165) is 5.56 Å². The first-order valence-electron chi connectivity index (χ1n) is 5.36. The topological polar surface area (TPSA) is 67.4 Å². The molecule has 1 amide bonds. The van der Waals surface area contributed by atoms with Gasteiger partial charge in [-0.15, -0.1) is 0 Å². The maximum Gasteiger partial charge on any atom is 0.262 e. The van der Waals surface area contributed by atoms with Crippen molar-refractivity contribution in [1.29, 1.82) is 0 Å². The molecule has 0 saturated heterocycles. The van der Waals surface area contributed by atoms with Crippen LogP contribution in [-0.2, 0) is 9.59 Å². The Hall–Kier alpha value is -1.88. The molecule has 1 aromatic carbocycles. The van der Waals surface area contributed by atoms with Crippen LogP contribution >= 0.6 is 0 Å². The fourth-order valence-electron chi connectivity index (χ4n) is 1.88. The molecule has 1 aromatic rings. The van der Waals surface area contributed by atoms with Crippen molar-refractivity contribution < 1.29 is 14.3 Å². The van der Waals surface area contributed by atoms with Crippen molar-refractivity contribution in [3.05, 3.63) is 23.8 Å². The molecule has 1 aliphatic heterocycles. The molecule has 0 aromatic heterocycles. The molecule has 5 nitrogen and oxygen atoms in total. The van der Waals surface area contributed by atoms with Gasteiger partial charge in [-0.25, -0.2) is 0 Å². The highest BCUT2D eigenvalue weighted by Crippen LogP contribution is 2.30. The zero-order chi connectivity index (χ0) is 12.4. The molecule has 0 saturated carbocycles. The van der Waals surface area contributed by atoms with E-state index in [-0.39, 0.29) is 24.3 Å². The van der Waals surface area contributed by atoms with Crippen LogP contribution in [0.5, 0.6) is 5.75 Å². The Morgan fingerprint density at radius 1 is 1.53 bits per heavy atom. The zero-order valence-corrected chi connectivity index (χ0v) is 9.74. The molecule has 0 spiro atoms. The van der Waals surface area contributed by atoms with Crippen molar-refractivity contribution >= 4 is 17.4 Å². The van der Waals surface area contributed by atoms with Gasteiger partial charge in [0.15, 0.2) is 12.4 Å². The number of fused-ring (bicyclic) bond motifs is 1. The smallest absolute Gasteiger partial charge is 0.262 e. The minimum absolute atomic E-state index is 0.0236.